The van der Waals surface area contributed by atoms with Gasteiger partial charge in [0.1, 0.15) is 5.75 Å². The molecule has 6 nitrogen and oxygen atoms in total. The summed E-state index contributed by atoms with van der Waals surface area (Å²) in [4.78, 5) is 35.9. The number of halogens is 1. The van der Waals surface area contributed by atoms with E-state index < -0.39 is 5.97 Å². The molecule has 30 heavy (non-hydrogen) atoms. The van der Waals surface area contributed by atoms with E-state index in [2.05, 4.69) is 10.6 Å². The lowest BCUT2D eigenvalue weighted by Gasteiger charge is -2.10. The Kier molecular flexibility index (Phi) is 6.83. The molecular weight excluding hydrogens is 404 g/mol. The van der Waals surface area contributed by atoms with Gasteiger partial charge < -0.3 is 15.4 Å². The first kappa shape index (κ1) is 21.1. The largest absolute Gasteiger partial charge is 0.427 e. The number of hydrogen-bond donors (Lipinski definition) is 2. The molecule has 0 bridgehead atoms. The Morgan fingerprint density at radius 2 is 1.57 bits per heavy atom. The maximum Gasteiger partial charge on any atom is 0.308 e. The molecule has 0 atom stereocenters. The smallest absolute Gasteiger partial charge is 0.308 e. The summed E-state index contributed by atoms with van der Waals surface area (Å²) >= 11 is 5.95. The monoisotopic (exact) mass is 422 g/mol. The van der Waals surface area contributed by atoms with Crippen LogP contribution >= 0.6 is 11.6 Å². The van der Waals surface area contributed by atoms with Gasteiger partial charge in [-0.2, -0.15) is 0 Å². The zero-order valence-electron chi connectivity index (χ0n) is 16.1. The fourth-order valence-corrected chi connectivity index (χ4v) is 3.00. The highest BCUT2D eigenvalue weighted by Crippen LogP contribution is 2.19. The van der Waals surface area contributed by atoms with Crippen LogP contribution in [0, 0.1) is 0 Å². The summed E-state index contributed by atoms with van der Waals surface area (Å²) in [6.45, 7) is 1.29. The van der Waals surface area contributed by atoms with Gasteiger partial charge in [-0.25, -0.2) is 0 Å². The van der Waals surface area contributed by atoms with Crippen molar-refractivity contribution in [2.24, 2.45) is 0 Å². The van der Waals surface area contributed by atoms with Crippen LogP contribution in [-0.2, 0) is 16.0 Å². The maximum absolute atomic E-state index is 12.5. The van der Waals surface area contributed by atoms with Crippen LogP contribution in [0.5, 0.6) is 5.75 Å². The van der Waals surface area contributed by atoms with Crippen molar-refractivity contribution < 1.29 is 19.1 Å². The van der Waals surface area contributed by atoms with Crippen LogP contribution in [0.4, 0.5) is 11.4 Å². The van der Waals surface area contributed by atoms with Gasteiger partial charge in [-0.1, -0.05) is 35.9 Å². The average Bonchev–Trinajstić information content (AvgIpc) is 2.68. The number of amides is 2. The van der Waals surface area contributed by atoms with Gasteiger partial charge in [0.05, 0.1) is 6.42 Å². The Morgan fingerprint density at radius 1 is 0.867 bits per heavy atom. The molecule has 0 aliphatic carbocycles. The number of carbonyl (C=O) groups is 3. The summed E-state index contributed by atoms with van der Waals surface area (Å²) in [5.41, 5.74) is 2.20. The number of rotatable bonds is 6. The number of hydrogen-bond acceptors (Lipinski definition) is 4. The number of carbonyl (C=O) groups excluding carboxylic acids is 3. The summed E-state index contributed by atoms with van der Waals surface area (Å²) in [7, 11) is 0. The van der Waals surface area contributed by atoms with Gasteiger partial charge in [0.15, 0.2) is 0 Å². The number of anilines is 2. The third-order valence-electron chi connectivity index (χ3n) is 4.02. The third kappa shape index (κ3) is 6.18. The highest BCUT2D eigenvalue weighted by Gasteiger charge is 2.10. The van der Waals surface area contributed by atoms with Gasteiger partial charge in [-0.15, -0.1) is 0 Å². The summed E-state index contributed by atoms with van der Waals surface area (Å²) in [5.74, 6) is -0.743. The first-order valence-corrected chi connectivity index (χ1v) is 9.51. The lowest BCUT2D eigenvalue weighted by atomic mass is 10.1. The minimum Gasteiger partial charge on any atom is -0.427 e. The van der Waals surface area contributed by atoms with Crippen LogP contribution in [0.3, 0.4) is 0 Å². The summed E-state index contributed by atoms with van der Waals surface area (Å²) < 4.78 is 5.00. The lowest BCUT2D eigenvalue weighted by molar-refractivity contribution is -0.131. The zero-order chi connectivity index (χ0) is 21.5. The molecule has 3 aromatic carbocycles. The normalized spacial score (nSPS) is 10.2. The Hall–Kier alpha value is -3.64. The van der Waals surface area contributed by atoms with E-state index in [1.807, 2.05) is 6.07 Å². The highest BCUT2D eigenvalue weighted by molar-refractivity contribution is 6.30. The van der Waals surface area contributed by atoms with Gasteiger partial charge in [0, 0.05) is 28.9 Å². The maximum atomic E-state index is 12.5. The van der Waals surface area contributed by atoms with Crippen LogP contribution in [-0.4, -0.2) is 17.8 Å². The molecule has 0 aliphatic heterocycles. The minimum absolute atomic E-state index is 0.181. The summed E-state index contributed by atoms with van der Waals surface area (Å²) in [6.07, 6.45) is 0.181. The van der Waals surface area contributed by atoms with Crippen molar-refractivity contribution in [1.82, 2.24) is 0 Å². The van der Waals surface area contributed by atoms with Crippen LogP contribution in [0.15, 0.2) is 72.8 Å². The quantitative estimate of drug-likeness (QED) is 0.445. The Labute approximate surface area is 178 Å². The molecule has 152 valence electrons. The molecular formula is C23H19ClN2O4. The molecule has 0 saturated heterocycles. The van der Waals surface area contributed by atoms with E-state index in [1.54, 1.807) is 60.7 Å². The molecule has 2 amide bonds. The van der Waals surface area contributed by atoms with Gasteiger partial charge >= 0.3 is 5.97 Å². The molecule has 0 spiro atoms. The van der Waals surface area contributed by atoms with Crippen LogP contribution in [0.25, 0.3) is 0 Å². The second-order valence-corrected chi connectivity index (χ2v) is 6.95. The zero-order valence-corrected chi connectivity index (χ0v) is 16.9. The Morgan fingerprint density at radius 3 is 2.30 bits per heavy atom. The highest BCUT2D eigenvalue weighted by atomic mass is 35.5. The molecule has 0 saturated carbocycles. The summed E-state index contributed by atoms with van der Waals surface area (Å²) in [5, 5.41) is 6.14. The van der Waals surface area contributed by atoms with Crippen LogP contribution < -0.4 is 15.4 Å². The van der Waals surface area contributed by atoms with E-state index in [4.69, 9.17) is 16.3 Å². The van der Waals surface area contributed by atoms with Gasteiger partial charge in [-0.3, -0.25) is 14.4 Å². The van der Waals surface area contributed by atoms with Crippen LogP contribution in [0.2, 0.25) is 5.02 Å². The molecule has 0 heterocycles. The van der Waals surface area contributed by atoms with E-state index in [-0.39, 0.29) is 24.0 Å². The van der Waals surface area contributed by atoms with E-state index in [1.165, 1.54) is 13.0 Å². The van der Waals surface area contributed by atoms with E-state index in [0.717, 1.165) is 5.56 Å². The number of nitrogens with one attached hydrogen (secondary N) is 2. The number of ether oxygens (including phenoxy) is 1. The first-order valence-electron chi connectivity index (χ1n) is 9.13. The van der Waals surface area contributed by atoms with Gasteiger partial charge in [0.2, 0.25) is 5.91 Å². The fraction of sp³-hybridized carbons (Fsp3) is 0.0870. The van der Waals surface area contributed by atoms with E-state index in [9.17, 15) is 14.4 Å². The average molecular weight is 423 g/mol. The van der Waals surface area contributed by atoms with Crippen molar-refractivity contribution in [2.45, 2.75) is 13.3 Å². The minimum atomic E-state index is -0.464. The first-order chi connectivity index (χ1) is 14.4. The fourth-order valence-electron chi connectivity index (χ4n) is 2.78. The Balaban J connectivity index is 1.64. The van der Waals surface area contributed by atoms with Gasteiger partial charge in [-0.05, 0) is 54.1 Å². The predicted octanol–water partition coefficient (Wildman–Crippen LogP) is 4.70. The van der Waals surface area contributed by atoms with E-state index >= 15 is 0 Å². The SMILES string of the molecule is CC(=O)Oc1cccc(C(=O)Nc2cccc(NC(=O)Cc3cccc(Cl)c3)c2)c1. The molecule has 0 fully saturated rings. The van der Waals surface area contributed by atoms with E-state index in [0.29, 0.717) is 22.0 Å². The molecule has 3 aromatic rings. The van der Waals surface area contributed by atoms with Crippen molar-refractivity contribution in [1.29, 1.82) is 0 Å². The standard InChI is InChI=1S/C23H19ClN2O4/c1-15(27)30-21-10-3-6-17(13-21)23(29)26-20-9-4-8-19(14-20)25-22(28)12-16-5-2-7-18(24)11-16/h2-11,13-14H,12H2,1H3,(H,25,28)(H,26,29). The molecule has 0 radical (unpaired) electrons. The van der Waals surface area contributed by atoms with Crippen molar-refractivity contribution >= 4 is 40.8 Å². The number of esters is 1. The van der Waals surface area contributed by atoms with Crippen molar-refractivity contribution in [3.05, 3.63) is 88.9 Å². The topological polar surface area (TPSA) is 84.5 Å². The van der Waals surface area contributed by atoms with Gasteiger partial charge in [0.25, 0.3) is 5.91 Å². The Bertz CT molecular complexity index is 1100. The molecule has 0 aromatic heterocycles. The second kappa shape index (κ2) is 9.71. The predicted molar refractivity (Wildman–Crippen MR) is 116 cm³/mol. The number of benzene rings is 3. The molecule has 7 heteroatoms. The summed E-state index contributed by atoms with van der Waals surface area (Å²) in [6, 6.07) is 20.2. The molecule has 3 rings (SSSR count). The lowest BCUT2D eigenvalue weighted by Crippen LogP contribution is -2.15. The molecule has 0 unspecified atom stereocenters. The molecule has 2 N–H and O–H groups in total. The van der Waals surface area contributed by atoms with Crippen molar-refractivity contribution in [2.75, 3.05) is 10.6 Å². The second-order valence-electron chi connectivity index (χ2n) is 6.51. The third-order valence-corrected chi connectivity index (χ3v) is 4.25. The van der Waals surface area contributed by atoms with Crippen LogP contribution in [0.1, 0.15) is 22.8 Å². The molecule has 0 aliphatic rings. The van der Waals surface area contributed by atoms with Crippen molar-refractivity contribution in [3.8, 4) is 5.75 Å². The van der Waals surface area contributed by atoms with Crippen molar-refractivity contribution in [3.63, 3.8) is 0 Å².